The van der Waals surface area contributed by atoms with Crippen molar-refractivity contribution < 1.29 is 4.74 Å². The van der Waals surface area contributed by atoms with Crippen LogP contribution in [0, 0.1) is 0 Å². The standard InChI is InChI=1S/C10H23N3O/c1-8(2)14-7-6-12-9(11)13-10(3,4)5/h8H,6-7H2,1-5H3,(H3,11,12,13). The molecule has 0 saturated heterocycles. The lowest BCUT2D eigenvalue weighted by Gasteiger charge is -2.21. The Kier molecular flexibility index (Phi) is 5.53. The monoisotopic (exact) mass is 201 g/mol. The fraction of sp³-hybridized carbons (Fsp3) is 0.900. The Hall–Kier alpha value is -0.770. The number of hydrogen-bond acceptors (Lipinski definition) is 2. The Balaban J connectivity index is 3.67. The van der Waals surface area contributed by atoms with Gasteiger partial charge in [-0.15, -0.1) is 0 Å². The molecule has 0 heterocycles. The van der Waals surface area contributed by atoms with Crippen LogP contribution in [0.3, 0.4) is 0 Å². The number of aliphatic imine (C=N–C) groups is 1. The first-order valence-electron chi connectivity index (χ1n) is 5.01. The number of nitrogens with one attached hydrogen (secondary N) is 1. The van der Waals surface area contributed by atoms with E-state index in [4.69, 9.17) is 10.5 Å². The van der Waals surface area contributed by atoms with Crippen molar-refractivity contribution in [3.05, 3.63) is 0 Å². The molecular formula is C10H23N3O. The van der Waals surface area contributed by atoms with E-state index in [1.807, 2.05) is 34.6 Å². The second-order valence-electron chi connectivity index (χ2n) is 4.56. The van der Waals surface area contributed by atoms with Crippen LogP contribution in [0.1, 0.15) is 34.6 Å². The molecule has 0 bridgehead atoms. The molecule has 0 radical (unpaired) electrons. The van der Waals surface area contributed by atoms with Crippen LogP contribution in [-0.2, 0) is 4.74 Å². The van der Waals surface area contributed by atoms with E-state index in [9.17, 15) is 0 Å². The van der Waals surface area contributed by atoms with Crippen LogP contribution in [0.15, 0.2) is 4.99 Å². The Labute approximate surface area is 86.9 Å². The molecule has 14 heavy (non-hydrogen) atoms. The van der Waals surface area contributed by atoms with Gasteiger partial charge in [0, 0.05) is 5.54 Å². The minimum Gasteiger partial charge on any atom is -0.377 e. The summed E-state index contributed by atoms with van der Waals surface area (Å²) in [5.41, 5.74) is 5.62. The van der Waals surface area contributed by atoms with Crippen LogP contribution in [-0.4, -0.2) is 30.8 Å². The zero-order valence-corrected chi connectivity index (χ0v) is 9.92. The van der Waals surface area contributed by atoms with E-state index < -0.39 is 0 Å². The van der Waals surface area contributed by atoms with Crippen molar-refractivity contribution in [1.29, 1.82) is 0 Å². The molecule has 0 aromatic rings. The lowest BCUT2D eigenvalue weighted by Crippen LogP contribution is -2.45. The third kappa shape index (κ3) is 9.32. The highest BCUT2D eigenvalue weighted by Gasteiger charge is 2.09. The molecule has 0 spiro atoms. The Morgan fingerprint density at radius 1 is 1.43 bits per heavy atom. The van der Waals surface area contributed by atoms with Gasteiger partial charge in [0.15, 0.2) is 5.96 Å². The number of hydrogen-bond donors (Lipinski definition) is 2. The predicted octanol–water partition coefficient (Wildman–Crippen LogP) is 1.11. The van der Waals surface area contributed by atoms with Gasteiger partial charge in [-0.25, -0.2) is 0 Å². The maximum Gasteiger partial charge on any atom is 0.189 e. The molecule has 0 unspecified atom stereocenters. The fourth-order valence-electron chi connectivity index (χ4n) is 0.878. The van der Waals surface area contributed by atoms with Crippen LogP contribution in [0.25, 0.3) is 0 Å². The smallest absolute Gasteiger partial charge is 0.189 e. The van der Waals surface area contributed by atoms with Gasteiger partial charge < -0.3 is 15.8 Å². The molecule has 0 aliphatic rings. The number of ether oxygens (including phenoxy) is 1. The quantitative estimate of drug-likeness (QED) is 0.407. The molecule has 0 aliphatic heterocycles. The van der Waals surface area contributed by atoms with Gasteiger partial charge in [-0.05, 0) is 34.6 Å². The van der Waals surface area contributed by atoms with E-state index in [1.165, 1.54) is 0 Å². The van der Waals surface area contributed by atoms with Crippen LogP contribution >= 0.6 is 0 Å². The topological polar surface area (TPSA) is 59.6 Å². The zero-order chi connectivity index (χ0) is 11.2. The number of guanidine groups is 1. The molecule has 0 amide bonds. The van der Waals surface area contributed by atoms with E-state index >= 15 is 0 Å². The van der Waals surface area contributed by atoms with Gasteiger partial charge in [-0.3, -0.25) is 4.99 Å². The van der Waals surface area contributed by atoms with Crippen LogP contribution in [0.2, 0.25) is 0 Å². The molecule has 0 aromatic heterocycles. The van der Waals surface area contributed by atoms with E-state index in [-0.39, 0.29) is 11.6 Å². The van der Waals surface area contributed by atoms with Gasteiger partial charge in [-0.1, -0.05) is 0 Å². The summed E-state index contributed by atoms with van der Waals surface area (Å²) in [5, 5.41) is 3.08. The van der Waals surface area contributed by atoms with Crippen molar-refractivity contribution in [2.45, 2.75) is 46.3 Å². The summed E-state index contributed by atoms with van der Waals surface area (Å²) in [6.07, 6.45) is 0.252. The van der Waals surface area contributed by atoms with Gasteiger partial charge in [-0.2, -0.15) is 0 Å². The van der Waals surface area contributed by atoms with Gasteiger partial charge in [0.05, 0.1) is 19.3 Å². The molecule has 0 aliphatic carbocycles. The van der Waals surface area contributed by atoms with Gasteiger partial charge in [0.2, 0.25) is 0 Å². The fourth-order valence-corrected chi connectivity index (χ4v) is 0.878. The third-order valence-corrected chi connectivity index (χ3v) is 1.33. The van der Waals surface area contributed by atoms with E-state index in [0.717, 1.165) is 0 Å². The Morgan fingerprint density at radius 3 is 2.43 bits per heavy atom. The lowest BCUT2D eigenvalue weighted by molar-refractivity contribution is 0.0853. The summed E-state index contributed by atoms with van der Waals surface area (Å²) in [5.74, 6) is 0.477. The molecule has 0 fully saturated rings. The summed E-state index contributed by atoms with van der Waals surface area (Å²) < 4.78 is 5.33. The summed E-state index contributed by atoms with van der Waals surface area (Å²) in [4.78, 5) is 4.14. The van der Waals surface area contributed by atoms with Crippen LogP contribution in [0.4, 0.5) is 0 Å². The molecule has 0 atom stereocenters. The highest BCUT2D eigenvalue weighted by Crippen LogP contribution is 1.96. The van der Waals surface area contributed by atoms with Crippen molar-refractivity contribution in [2.75, 3.05) is 13.2 Å². The van der Waals surface area contributed by atoms with Crippen molar-refractivity contribution >= 4 is 5.96 Å². The molecule has 4 heteroatoms. The van der Waals surface area contributed by atoms with E-state index in [1.54, 1.807) is 0 Å². The molecule has 4 nitrogen and oxygen atoms in total. The highest BCUT2D eigenvalue weighted by atomic mass is 16.5. The zero-order valence-electron chi connectivity index (χ0n) is 9.92. The van der Waals surface area contributed by atoms with Crippen molar-refractivity contribution in [3.8, 4) is 0 Å². The molecule has 0 aromatic carbocycles. The average molecular weight is 201 g/mol. The van der Waals surface area contributed by atoms with E-state index in [0.29, 0.717) is 19.1 Å². The Morgan fingerprint density at radius 2 is 2.00 bits per heavy atom. The summed E-state index contributed by atoms with van der Waals surface area (Å²) in [6.45, 7) is 11.3. The third-order valence-electron chi connectivity index (χ3n) is 1.33. The van der Waals surface area contributed by atoms with Gasteiger partial charge >= 0.3 is 0 Å². The van der Waals surface area contributed by atoms with Crippen molar-refractivity contribution in [3.63, 3.8) is 0 Å². The molecule has 0 saturated carbocycles. The second-order valence-corrected chi connectivity index (χ2v) is 4.56. The SMILES string of the molecule is CC(C)OCCN=C(N)NC(C)(C)C. The minimum atomic E-state index is -0.0352. The maximum atomic E-state index is 5.66. The summed E-state index contributed by atoms with van der Waals surface area (Å²) in [7, 11) is 0. The number of nitrogens with two attached hydrogens (primary N) is 1. The first kappa shape index (κ1) is 13.2. The number of rotatable bonds is 4. The molecule has 0 rings (SSSR count). The largest absolute Gasteiger partial charge is 0.377 e. The molecule has 3 N–H and O–H groups in total. The number of nitrogens with zero attached hydrogens (tertiary/aromatic N) is 1. The van der Waals surface area contributed by atoms with Gasteiger partial charge in [0.1, 0.15) is 0 Å². The summed E-state index contributed by atoms with van der Waals surface area (Å²) in [6, 6.07) is 0. The van der Waals surface area contributed by atoms with Crippen molar-refractivity contribution in [1.82, 2.24) is 5.32 Å². The predicted molar refractivity (Wildman–Crippen MR) is 60.5 cm³/mol. The minimum absolute atomic E-state index is 0.0352. The average Bonchev–Trinajstić information content (AvgIpc) is 1.94. The van der Waals surface area contributed by atoms with Crippen molar-refractivity contribution in [2.24, 2.45) is 10.7 Å². The van der Waals surface area contributed by atoms with E-state index in [2.05, 4.69) is 10.3 Å². The van der Waals surface area contributed by atoms with Crippen LogP contribution < -0.4 is 11.1 Å². The highest BCUT2D eigenvalue weighted by molar-refractivity contribution is 5.78. The Bertz CT molecular complexity index is 182. The molecule has 84 valence electrons. The normalized spacial score (nSPS) is 13.4. The first-order chi connectivity index (χ1) is 6.31. The summed E-state index contributed by atoms with van der Waals surface area (Å²) >= 11 is 0. The second kappa shape index (κ2) is 5.86. The first-order valence-corrected chi connectivity index (χ1v) is 5.01. The maximum absolute atomic E-state index is 5.66. The van der Waals surface area contributed by atoms with Gasteiger partial charge in [0.25, 0.3) is 0 Å². The van der Waals surface area contributed by atoms with Crippen LogP contribution in [0.5, 0.6) is 0 Å². The lowest BCUT2D eigenvalue weighted by atomic mass is 10.1. The molecular weight excluding hydrogens is 178 g/mol.